The summed E-state index contributed by atoms with van der Waals surface area (Å²) in [6, 6.07) is 4.52. The van der Waals surface area contributed by atoms with E-state index in [9.17, 15) is 9.18 Å². The largest absolute Gasteiger partial charge is 0.468 e. The molecular weight excluding hydrogens is 265 g/mol. The van der Waals surface area contributed by atoms with Crippen LogP contribution in [-0.2, 0) is 9.53 Å². The van der Waals surface area contributed by atoms with Gasteiger partial charge in [-0.05, 0) is 42.4 Å². The minimum Gasteiger partial charge on any atom is -0.468 e. The van der Waals surface area contributed by atoms with Crippen molar-refractivity contribution in [3.63, 3.8) is 0 Å². The summed E-state index contributed by atoms with van der Waals surface area (Å²) < 4.78 is 18.2. The van der Waals surface area contributed by atoms with Crippen LogP contribution in [0, 0.1) is 5.82 Å². The molecule has 1 aliphatic rings. The summed E-state index contributed by atoms with van der Waals surface area (Å²) in [5.41, 5.74) is 0.943. The van der Waals surface area contributed by atoms with Gasteiger partial charge in [0.1, 0.15) is 11.9 Å². The third kappa shape index (κ3) is 3.28. The maximum Gasteiger partial charge on any atom is 0.322 e. The molecule has 1 N–H and O–H groups in total. The molecule has 0 aliphatic carbocycles. The van der Waals surface area contributed by atoms with E-state index in [0.29, 0.717) is 6.42 Å². The molecule has 2 unspecified atom stereocenters. The topological polar surface area (TPSA) is 38.3 Å². The zero-order chi connectivity index (χ0) is 13.8. The number of ether oxygens (including phenoxy) is 1. The minimum absolute atomic E-state index is 0.0102. The standard InChI is InChI=1S/C14H18FNO2S/c1-3-11(14(17)18-2)16-12-6-7-19-13-5-4-9(15)8-10(12)13/h4-5,8,11-12,16H,3,6-7H2,1-2H3. The molecule has 19 heavy (non-hydrogen) atoms. The lowest BCUT2D eigenvalue weighted by atomic mass is 10.0. The van der Waals surface area contributed by atoms with E-state index in [-0.39, 0.29) is 23.9 Å². The van der Waals surface area contributed by atoms with Gasteiger partial charge in [-0.3, -0.25) is 10.1 Å². The van der Waals surface area contributed by atoms with Crippen LogP contribution in [0.3, 0.4) is 0 Å². The number of carbonyl (C=O) groups excluding carboxylic acids is 1. The molecule has 0 aromatic heterocycles. The Labute approximate surface area is 116 Å². The number of rotatable bonds is 4. The SMILES string of the molecule is CCC(NC1CCSc2ccc(F)cc21)C(=O)OC. The molecule has 2 atom stereocenters. The molecule has 3 nitrogen and oxygen atoms in total. The van der Waals surface area contributed by atoms with Crippen molar-refractivity contribution in [3.05, 3.63) is 29.6 Å². The first-order chi connectivity index (χ1) is 9.15. The van der Waals surface area contributed by atoms with Crippen LogP contribution < -0.4 is 5.32 Å². The predicted molar refractivity (Wildman–Crippen MR) is 73.7 cm³/mol. The second kappa shape index (κ2) is 6.39. The first kappa shape index (κ1) is 14.3. The smallest absolute Gasteiger partial charge is 0.322 e. The normalized spacial score (nSPS) is 19.6. The third-order valence-corrected chi connectivity index (χ3v) is 4.43. The summed E-state index contributed by atoms with van der Waals surface area (Å²) in [6.45, 7) is 1.93. The molecule has 2 rings (SSSR count). The lowest BCUT2D eigenvalue weighted by molar-refractivity contribution is -0.143. The lowest BCUT2D eigenvalue weighted by Crippen LogP contribution is -2.40. The molecule has 0 radical (unpaired) electrons. The highest BCUT2D eigenvalue weighted by molar-refractivity contribution is 7.99. The number of thioether (sulfide) groups is 1. The van der Waals surface area contributed by atoms with Crippen LogP contribution in [0.1, 0.15) is 31.4 Å². The fourth-order valence-electron chi connectivity index (χ4n) is 2.28. The van der Waals surface area contributed by atoms with Crippen molar-refractivity contribution < 1.29 is 13.9 Å². The van der Waals surface area contributed by atoms with Gasteiger partial charge < -0.3 is 4.74 Å². The van der Waals surface area contributed by atoms with Crippen molar-refractivity contribution in [3.8, 4) is 0 Å². The zero-order valence-corrected chi connectivity index (χ0v) is 11.9. The Morgan fingerprint density at radius 2 is 2.42 bits per heavy atom. The summed E-state index contributed by atoms with van der Waals surface area (Å²) in [6.07, 6.45) is 1.54. The Balaban J connectivity index is 2.18. The van der Waals surface area contributed by atoms with Crippen LogP contribution in [0.2, 0.25) is 0 Å². The highest BCUT2D eigenvalue weighted by atomic mass is 32.2. The molecule has 0 fully saturated rings. The zero-order valence-electron chi connectivity index (χ0n) is 11.1. The lowest BCUT2D eigenvalue weighted by Gasteiger charge is -2.29. The molecule has 0 amide bonds. The quantitative estimate of drug-likeness (QED) is 0.862. The van der Waals surface area contributed by atoms with Gasteiger partial charge in [-0.1, -0.05) is 6.92 Å². The van der Waals surface area contributed by atoms with E-state index in [4.69, 9.17) is 4.74 Å². The fourth-order valence-corrected chi connectivity index (χ4v) is 3.38. The van der Waals surface area contributed by atoms with E-state index in [1.165, 1.54) is 13.2 Å². The van der Waals surface area contributed by atoms with Crippen LogP contribution in [0.4, 0.5) is 4.39 Å². The number of hydrogen-bond acceptors (Lipinski definition) is 4. The Kier molecular flexibility index (Phi) is 4.82. The number of benzene rings is 1. The van der Waals surface area contributed by atoms with Crippen molar-refractivity contribution in [2.45, 2.75) is 36.7 Å². The molecule has 0 bridgehead atoms. The van der Waals surface area contributed by atoms with Crippen LogP contribution in [0.5, 0.6) is 0 Å². The summed E-state index contributed by atoms with van der Waals surface area (Å²) in [7, 11) is 1.39. The molecule has 0 saturated heterocycles. The molecule has 5 heteroatoms. The average molecular weight is 283 g/mol. The fraction of sp³-hybridized carbons (Fsp3) is 0.500. The molecule has 0 spiro atoms. The molecule has 0 saturated carbocycles. The monoisotopic (exact) mass is 283 g/mol. The highest BCUT2D eigenvalue weighted by Crippen LogP contribution is 2.36. The number of halogens is 1. The third-order valence-electron chi connectivity index (χ3n) is 3.31. The van der Waals surface area contributed by atoms with Gasteiger partial charge in [0.2, 0.25) is 0 Å². The van der Waals surface area contributed by atoms with Crippen LogP contribution in [-0.4, -0.2) is 24.9 Å². The summed E-state index contributed by atoms with van der Waals surface area (Å²) in [4.78, 5) is 12.7. The van der Waals surface area contributed by atoms with Crippen molar-refractivity contribution in [1.29, 1.82) is 0 Å². The van der Waals surface area contributed by atoms with Crippen molar-refractivity contribution in [2.75, 3.05) is 12.9 Å². The number of hydrogen-bond donors (Lipinski definition) is 1. The number of esters is 1. The maximum absolute atomic E-state index is 13.4. The second-order valence-electron chi connectivity index (χ2n) is 4.52. The van der Waals surface area contributed by atoms with Gasteiger partial charge in [0.15, 0.2) is 0 Å². The molecular formula is C14H18FNO2S. The summed E-state index contributed by atoms with van der Waals surface area (Å²) >= 11 is 1.73. The second-order valence-corrected chi connectivity index (χ2v) is 5.66. The number of nitrogens with one attached hydrogen (secondary N) is 1. The van der Waals surface area contributed by atoms with Gasteiger partial charge >= 0.3 is 5.97 Å². The van der Waals surface area contributed by atoms with Crippen LogP contribution in [0.15, 0.2) is 23.1 Å². The first-order valence-electron chi connectivity index (χ1n) is 6.41. The Morgan fingerprint density at radius 3 is 3.11 bits per heavy atom. The molecule has 104 valence electrons. The first-order valence-corrected chi connectivity index (χ1v) is 7.40. The molecule has 1 heterocycles. The van der Waals surface area contributed by atoms with E-state index < -0.39 is 0 Å². The average Bonchev–Trinajstić information content (AvgIpc) is 2.44. The number of methoxy groups -OCH3 is 1. The van der Waals surface area contributed by atoms with E-state index in [1.807, 2.05) is 13.0 Å². The summed E-state index contributed by atoms with van der Waals surface area (Å²) in [5.74, 6) is 0.464. The van der Waals surface area contributed by atoms with E-state index in [2.05, 4.69) is 5.32 Å². The van der Waals surface area contributed by atoms with E-state index in [0.717, 1.165) is 22.6 Å². The number of carbonyl (C=O) groups is 1. The maximum atomic E-state index is 13.4. The molecule has 1 aromatic carbocycles. The predicted octanol–water partition coefficient (Wildman–Crippen LogP) is 2.90. The Hall–Kier alpha value is -1.07. The van der Waals surface area contributed by atoms with Crippen molar-refractivity contribution >= 4 is 17.7 Å². The Bertz CT molecular complexity index is 467. The van der Waals surface area contributed by atoms with Crippen LogP contribution in [0.25, 0.3) is 0 Å². The van der Waals surface area contributed by atoms with Gasteiger partial charge in [-0.2, -0.15) is 0 Å². The van der Waals surface area contributed by atoms with Gasteiger partial charge in [0.25, 0.3) is 0 Å². The number of fused-ring (bicyclic) bond motifs is 1. The van der Waals surface area contributed by atoms with Gasteiger partial charge in [0.05, 0.1) is 7.11 Å². The van der Waals surface area contributed by atoms with Crippen molar-refractivity contribution in [2.24, 2.45) is 0 Å². The van der Waals surface area contributed by atoms with Gasteiger partial charge in [0, 0.05) is 10.9 Å². The molecule has 1 aliphatic heterocycles. The highest BCUT2D eigenvalue weighted by Gasteiger charge is 2.26. The van der Waals surface area contributed by atoms with Crippen molar-refractivity contribution in [1.82, 2.24) is 5.32 Å². The van der Waals surface area contributed by atoms with Crippen LogP contribution >= 0.6 is 11.8 Å². The van der Waals surface area contributed by atoms with E-state index in [1.54, 1.807) is 17.8 Å². The van der Waals surface area contributed by atoms with Gasteiger partial charge in [-0.15, -0.1) is 11.8 Å². The minimum atomic E-state index is -0.339. The Morgan fingerprint density at radius 1 is 1.63 bits per heavy atom. The van der Waals surface area contributed by atoms with Gasteiger partial charge in [-0.25, -0.2) is 4.39 Å². The summed E-state index contributed by atoms with van der Waals surface area (Å²) in [5, 5.41) is 3.29. The van der Waals surface area contributed by atoms with E-state index >= 15 is 0 Å². The molecule has 1 aromatic rings.